The SMILES string of the molecule is COc1cc(O)c(C(=O)OCC[Si](C)(C)C)c(/C=C/C[C@@H]2OC(C)(C)O[C@@H]2C=O)c1. The van der Waals surface area contributed by atoms with Gasteiger partial charge < -0.3 is 28.8 Å². The van der Waals surface area contributed by atoms with Crippen LogP contribution in [0.5, 0.6) is 11.5 Å². The lowest BCUT2D eigenvalue weighted by molar-refractivity contribution is -0.149. The minimum atomic E-state index is -1.35. The van der Waals surface area contributed by atoms with E-state index in [1.54, 1.807) is 32.1 Å². The third-order valence-electron chi connectivity index (χ3n) is 4.67. The molecule has 2 rings (SSSR count). The zero-order valence-electron chi connectivity index (χ0n) is 18.6. The molecule has 0 bridgehead atoms. The van der Waals surface area contributed by atoms with Crippen LogP contribution in [0.25, 0.3) is 6.08 Å². The van der Waals surface area contributed by atoms with Crippen molar-refractivity contribution < 1.29 is 33.6 Å². The topological polar surface area (TPSA) is 91.3 Å². The zero-order valence-corrected chi connectivity index (χ0v) is 19.6. The molecule has 30 heavy (non-hydrogen) atoms. The summed E-state index contributed by atoms with van der Waals surface area (Å²) in [5, 5.41) is 10.4. The predicted octanol–water partition coefficient (Wildman–Crippen LogP) is 4.02. The van der Waals surface area contributed by atoms with Gasteiger partial charge in [0.25, 0.3) is 0 Å². The van der Waals surface area contributed by atoms with Gasteiger partial charge in [-0.1, -0.05) is 31.8 Å². The Morgan fingerprint density at radius 3 is 2.57 bits per heavy atom. The molecule has 0 radical (unpaired) electrons. The maximum atomic E-state index is 12.6. The van der Waals surface area contributed by atoms with E-state index in [9.17, 15) is 14.7 Å². The number of hydrogen-bond acceptors (Lipinski definition) is 7. The first-order valence-corrected chi connectivity index (χ1v) is 13.7. The number of benzene rings is 1. The van der Waals surface area contributed by atoms with Gasteiger partial charge in [-0.15, -0.1) is 0 Å². The molecule has 166 valence electrons. The molecule has 0 unspecified atom stereocenters. The summed E-state index contributed by atoms with van der Waals surface area (Å²) in [5.74, 6) is -1.21. The van der Waals surface area contributed by atoms with E-state index >= 15 is 0 Å². The molecule has 0 spiro atoms. The molecular weight excluding hydrogens is 404 g/mol. The first kappa shape index (κ1) is 24.1. The minimum Gasteiger partial charge on any atom is -0.507 e. The smallest absolute Gasteiger partial charge is 0.342 e. The largest absolute Gasteiger partial charge is 0.507 e. The third-order valence-corrected chi connectivity index (χ3v) is 6.37. The molecule has 1 fully saturated rings. The summed E-state index contributed by atoms with van der Waals surface area (Å²) in [6, 6.07) is 3.87. The quantitative estimate of drug-likeness (QED) is 0.355. The molecule has 7 nitrogen and oxygen atoms in total. The lowest BCUT2D eigenvalue weighted by atomic mass is 10.0. The van der Waals surface area contributed by atoms with Crippen molar-refractivity contribution in [1.82, 2.24) is 0 Å². The number of ether oxygens (including phenoxy) is 4. The van der Waals surface area contributed by atoms with E-state index in [1.807, 2.05) is 0 Å². The van der Waals surface area contributed by atoms with Gasteiger partial charge in [-0.05, 0) is 37.9 Å². The second-order valence-corrected chi connectivity index (χ2v) is 14.6. The number of hydrogen-bond donors (Lipinski definition) is 1. The lowest BCUT2D eigenvalue weighted by Gasteiger charge is -2.16. The van der Waals surface area contributed by atoms with E-state index in [2.05, 4.69) is 19.6 Å². The Kier molecular flexibility index (Phi) is 7.85. The van der Waals surface area contributed by atoms with Crippen LogP contribution < -0.4 is 4.74 Å². The fourth-order valence-electron chi connectivity index (χ4n) is 3.11. The predicted molar refractivity (Wildman–Crippen MR) is 117 cm³/mol. The first-order valence-electron chi connectivity index (χ1n) is 10.0. The highest BCUT2D eigenvalue weighted by Crippen LogP contribution is 2.32. The second kappa shape index (κ2) is 9.76. The van der Waals surface area contributed by atoms with Crippen molar-refractivity contribution >= 4 is 26.4 Å². The summed E-state index contributed by atoms with van der Waals surface area (Å²) < 4.78 is 21.9. The lowest BCUT2D eigenvalue weighted by Crippen LogP contribution is -2.23. The number of rotatable bonds is 9. The van der Waals surface area contributed by atoms with E-state index in [0.29, 0.717) is 24.3 Å². The van der Waals surface area contributed by atoms with E-state index in [4.69, 9.17) is 18.9 Å². The van der Waals surface area contributed by atoms with Crippen molar-refractivity contribution in [2.24, 2.45) is 0 Å². The molecule has 1 heterocycles. The summed E-state index contributed by atoms with van der Waals surface area (Å²) in [5.41, 5.74) is 0.546. The Hall–Kier alpha value is -2.16. The molecule has 1 aliphatic rings. The molecule has 1 N–H and O–H groups in total. The van der Waals surface area contributed by atoms with Crippen LogP contribution in [0.2, 0.25) is 25.7 Å². The third kappa shape index (κ3) is 6.68. The fourth-order valence-corrected chi connectivity index (χ4v) is 3.82. The first-order chi connectivity index (χ1) is 14.0. The van der Waals surface area contributed by atoms with E-state index in [1.165, 1.54) is 13.2 Å². The van der Waals surface area contributed by atoms with Gasteiger partial charge in [0, 0.05) is 14.1 Å². The molecule has 0 aliphatic carbocycles. The van der Waals surface area contributed by atoms with Crippen molar-refractivity contribution in [2.45, 2.75) is 63.9 Å². The van der Waals surface area contributed by atoms with Crippen molar-refractivity contribution in [1.29, 1.82) is 0 Å². The molecule has 8 heteroatoms. The van der Waals surface area contributed by atoms with Crippen LogP contribution in [0.15, 0.2) is 18.2 Å². The number of esters is 1. The van der Waals surface area contributed by atoms with Crippen LogP contribution in [0.4, 0.5) is 0 Å². The van der Waals surface area contributed by atoms with Crippen LogP contribution in [0.1, 0.15) is 36.2 Å². The highest BCUT2D eigenvalue weighted by molar-refractivity contribution is 6.76. The molecule has 1 saturated heterocycles. The average molecular weight is 437 g/mol. The van der Waals surface area contributed by atoms with Gasteiger partial charge in [-0.3, -0.25) is 0 Å². The Balaban J connectivity index is 2.19. The summed E-state index contributed by atoms with van der Waals surface area (Å²) in [6.45, 7) is 10.4. The number of phenols is 1. The molecule has 1 aromatic carbocycles. The zero-order chi connectivity index (χ0) is 22.5. The number of methoxy groups -OCH3 is 1. The summed E-state index contributed by atoms with van der Waals surface area (Å²) in [4.78, 5) is 23.9. The van der Waals surface area contributed by atoms with E-state index < -0.39 is 32.0 Å². The standard InChI is InChI=1S/C22H32O7Si/c1-22(2)28-18(19(14-23)29-22)9-7-8-15-12-16(26-3)13-17(24)20(15)21(25)27-10-11-30(4,5)6/h7-8,12-14,18-19,24H,9-11H2,1-6H3/b8-7+/t18-,19+/m0/s1. The monoisotopic (exact) mass is 436 g/mol. The van der Waals surface area contributed by atoms with Gasteiger partial charge in [0.05, 0.1) is 19.8 Å². The van der Waals surface area contributed by atoms with Crippen molar-refractivity contribution in [3.05, 3.63) is 29.3 Å². The maximum Gasteiger partial charge on any atom is 0.342 e. The van der Waals surface area contributed by atoms with Gasteiger partial charge >= 0.3 is 5.97 Å². The Morgan fingerprint density at radius 1 is 1.27 bits per heavy atom. The molecule has 1 aliphatic heterocycles. The molecular formula is C22H32O7Si. The van der Waals surface area contributed by atoms with Crippen molar-refractivity contribution in [2.75, 3.05) is 13.7 Å². The minimum absolute atomic E-state index is 0.0819. The molecule has 1 aromatic rings. The number of aldehydes is 1. The number of phenolic OH excluding ortho intramolecular Hbond substituents is 1. The van der Waals surface area contributed by atoms with Crippen LogP contribution in [0.3, 0.4) is 0 Å². The van der Waals surface area contributed by atoms with E-state index in [0.717, 1.165) is 12.3 Å². The molecule has 2 atom stereocenters. The normalized spacial score (nSPS) is 21.0. The summed E-state index contributed by atoms with van der Waals surface area (Å²) >= 11 is 0. The maximum absolute atomic E-state index is 12.6. The Bertz CT molecular complexity index is 795. The van der Waals surface area contributed by atoms with E-state index in [-0.39, 0.29) is 11.3 Å². The Labute approximate surface area is 179 Å². The number of aromatic hydroxyl groups is 1. The van der Waals surface area contributed by atoms with Crippen molar-refractivity contribution in [3.8, 4) is 11.5 Å². The van der Waals surface area contributed by atoms with Gasteiger partial charge in [0.1, 0.15) is 23.2 Å². The van der Waals surface area contributed by atoms with Crippen molar-refractivity contribution in [3.63, 3.8) is 0 Å². The average Bonchev–Trinajstić information content (AvgIpc) is 2.93. The highest BCUT2D eigenvalue weighted by atomic mass is 28.3. The van der Waals surface area contributed by atoms with Gasteiger partial charge in [0.2, 0.25) is 0 Å². The van der Waals surface area contributed by atoms with Gasteiger partial charge in [0.15, 0.2) is 12.1 Å². The van der Waals surface area contributed by atoms with Crippen LogP contribution >= 0.6 is 0 Å². The summed E-state index contributed by atoms with van der Waals surface area (Å²) in [6.07, 6.45) is 3.50. The molecule has 0 amide bonds. The number of carbonyl (C=O) groups is 2. The fraction of sp³-hybridized carbons (Fsp3) is 0.545. The van der Waals surface area contributed by atoms with Crippen LogP contribution in [0, 0.1) is 0 Å². The Morgan fingerprint density at radius 2 is 1.97 bits per heavy atom. The van der Waals surface area contributed by atoms with Crippen LogP contribution in [-0.4, -0.2) is 57.1 Å². The highest BCUT2D eigenvalue weighted by Gasteiger charge is 2.40. The van der Waals surface area contributed by atoms with Gasteiger partial charge in [-0.25, -0.2) is 4.79 Å². The summed E-state index contributed by atoms with van der Waals surface area (Å²) in [7, 11) is 0.128. The molecule has 0 saturated carbocycles. The number of carbonyl (C=O) groups excluding carboxylic acids is 2. The van der Waals surface area contributed by atoms with Gasteiger partial charge in [-0.2, -0.15) is 0 Å². The van der Waals surface area contributed by atoms with Crippen LogP contribution in [-0.2, 0) is 19.0 Å². The molecule has 0 aromatic heterocycles. The second-order valence-electron chi connectivity index (χ2n) is 8.97.